The van der Waals surface area contributed by atoms with E-state index in [1.54, 1.807) is 0 Å². The fraction of sp³-hybridized carbons (Fsp3) is 0.455. The van der Waals surface area contributed by atoms with Gasteiger partial charge in [0, 0.05) is 24.3 Å². The molecule has 0 radical (unpaired) electrons. The Labute approximate surface area is 124 Å². The number of rotatable bonds is 6. The largest absolute Gasteiger partial charge is 0.390 e. The van der Waals surface area contributed by atoms with Gasteiger partial charge in [-0.05, 0) is 6.42 Å². The maximum Gasteiger partial charge on any atom is 0.288 e. The molecule has 1 rings (SSSR count). The number of hydrogen-bond acceptors (Lipinski definition) is 7. The number of aromatic nitrogens is 1. The van der Waals surface area contributed by atoms with Crippen LogP contribution in [0.5, 0.6) is 0 Å². The van der Waals surface area contributed by atoms with Crippen molar-refractivity contribution in [2.45, 2.75) is 25.6 Å². The summed E-state index contributed by atoms with van der Waals surface area (Å²) in [5.41, 5.74) is -0.338. The van der Waals surface area contributed by atoms with Gasteiger partial charge in [0.15, 0.2) is 5.12 Å². The van der Waals surface area contributed by atoms with Gasteiger partial charge >= 0.3 is 0 Å². The van der Waals surface area contributed by atoms with Gasteiger partial charge in [0.2, 0.25) is 0 Å². The zero-order valence-corrected chi connectivity index (χ0v) is 12.1. The highest BCUT2D eigenvalue weighted by Gasteiger charge is 2.24. The van der Waals surface area contributed by atoms with Crippen molar-refractivity contribution in [2.75, 3.05) is 5.75 Å². The Morgan fingerprint density at radius 2 is 2.25 bits per heavy atom. The molecule has 0 fully saturated rings. The lowest BCUT2D eigenvalue weighted by Crippen LogP contribution is -2.20. The number of aliphatic hydroxyl groups is 2. The molecule has 0 aliphatic carbocycles. The zero-order chi connectivity index (χ0) is 15.3. The van der Waals surface area contributed by atoms with E-state index in [1.807, 2.05) is 0 Å². The molecule has 2 unspecified atom stereocenters. The highest BCUT2D eigenvalue weighted by atomic mass is 35.5. The van der Waals surface area contributed by atoms with Crippen molar-refractivity contribution in [1.29, 1.82) is 0 Å². The minimum atomic E-state index is -1.40. The lowest BCUT2D eigenvalue weighted by Gasteiger charge is -2.18. The number of aliphatic hydroxyl groups excluding tert-OH is 2. The molecule has 110 valence electrons. The van der Waals surface area contributed by atoms with Gasteiger partial charge < -0.3 is 10.2 Å². The third kappa shape index (κ3) is 4.71. The number of carbonyl (C=O) groups is 1. The molecular weight excluding hydrogens is 308 g/mol. The Bertz CT molecular complexity index is 514. The molecule has 0 aliphatic heterocycles. The summed E-state index contributed by atoms with van der Waals surface area (Å²) in [6.45, 7) is 1.40. The molecule has 20 heavy (non-hydrogen) atoms. The van der Waals surface area contributed by atoms with Crippen LogP contribution in [0.1, 0.15) is 25.0 Å². The van der Waals surface area contributed by atoms with Crippen molar-refractivity contribution in [2.24, 2.45) is 0 Å². The number of carbonyl (C=O) groups excluding carboxylic acids is 1. The summed E-state index contributed by atoms with van der Waals surface area (Å²) in [4.78, 5) is 24.3. The maximum absolute atomic E-state index is 10.8. The number of nitro groups is 1. The second kappa shape index (κ2) is 7.53. The lowest BCUT2D eigenvalue weighted by molar-refractivity contribution is -0.385. The molecular formula is C11H13ClN2O5S. The first-order chi connectivity index (χ1) is 9.32. The Balaban J connectivity index is 2.79. The van der Waals surface area contributed by atoms with E-state index in [0.717, 1.165) is 24.0 Å². The standard InChI is InChI=1S/C11H13ClN2O5S/c1-6(15)20-3-2-9(16)10(17)8-4-7(14(18)19)5-13-11(8)12/h4-5,9-10,16-17H,2-3H2,1H3. The predicted molar refractivity (Wildman–Crippen MR) is 74.6 cm³/mol. The van der Waals surface area contributed by atoms with E-state index in [0.29, 0.717) is 5.75 Å². The topological polar surface area (TPSA) is 114 Å². The van der Waals surface area contributed by atoms with Gasteiger partial charge in [-0.1, -0.05) is 23.4 Å². The molecule has 0 bridgehead atoms. The van der Waals surface area contributed by atoms with E-state index in [-0.39, 0.29) is 27.9 Å². The van der Waals surface area contributed by atoms with E-state index in [4.69, 9.17) is 11.6 Å². The highest BCUT2D eigenvalue weighted by Crippen LogP contribution is 2.28. The third-order valence-corrected chi connectivity index (χ3v) is 3.63. The van der Waals surface area contributed by atoms with E-state index < -0.39 is 17.1 Å². The monoisotopic (exact) mass is 320 g/mol. The molecule has 0 amide bonds. The molecule has 0 saturated heterocycles. The van der Waals surface area contributed by atoms with Gasteiger partial charge in [-0.25, -0.2) is 4.98 Å². The quantitative estimate of drug-likeness (QED) is 0.466. The van der Waals surface area contributed by atoms with Crippen LogP contribution in [-0.2, 0) is 4.79 Å². The summed E-state index contributed by atoms with van der Waals surface area (Å²) in [5, 5.41) is 30.2. The summed E-state index contributed by atoms with van der Waals surface area (Å²) >= 11 is 6.78. The molecule has 9 heteroatoms. The fourth-order valence-corrected chi connectivity index (χ4v) is 2.31. The molecule has 0 aromatic carbocycles. The molecule has 1 heterocycles. The van der Waals surface area contributed by atoms with Gasteiger partial charge in [-0.15, -0.1) is 0 Å². The maximum atomic E-state index is 10.8. The summed E-state index contributed by atoms with van der Waals surface area (Å²) < 4.78 is 0. The van der Waals surface area contributed by atoms with Crippen molar-refractivity contribution in [3.63, 3.8) is 0 Å². The number of pyridine rings is 1. The van der Waals surface area contributed by atoms with Gasteiger partial charge in [0.25, 0.3) is 5.69 Å². The van der Waals surface area contributed by atoms with E-state index in [2.05, 4.69) is 4.98 Å². The lowest BCUT2D eigenvalue weighted by atomic mass is 10.0. The van der Waals surface area contributed by atoms with Crippen molar-refractivity contribution in [3.05, 3.63) is 33.1 Å². The van der Waals surface area contributed by atoms with Crippen LogP contribution in [0.2, 0.25) is 5.15 Å². The second-order valence-electron chi connectivity index (χ2n) is 3.97. The number of halogens is 1. The summed E-state index contributed by atoms with van der Waals surface area (Å²) in [7, 11) is 0. The molecule has 0 saturated carbocycles. The molecule has 1 aromatic rings. The van der Waals surface area contributed by atoms with E-state index >= 15 is 0 Å². The van der Waals surface area contributed by atoms with Crippen LogP contribution < -0.4 is 0 Å². The first-order valence-electron chi connectivity index (χ1n) is 5.62. The molecule has 2 N–H and O–H groups in total. The number of thioether (sulfide) groups is 1. The zero-order valence-electron chi connectivity index (χ0n) is 10.5. The Morgan fingerprint density at radius 1 is 1.60 bits per heavy atom. The summed E-state index contributed by atoms with van der Waals surface area (Å²) in [5.74, 6) is 0.327. The normalized spacial score (nSPS) is 13.8. The van der Waals surface area contributed by atoms with Crippen molar-refractivity contribution >= 4 is 34.2 Å². The molecule has 0 spiro atoms. The number of hydrogen-bond donors (Lipinski definition) is 2. The van der Waals surface area contributed by atoms with Crippen LogP contribution in [0.3, 0.4) is 0 Å². The first-order valence-corrected chi connectivity index (χ1v) is 6.98. The number of nitrogens with zero attached hydrogens (tertiary/aromatic N) is 2. The van der Waals surface area contributed by atoms with Gasteiger partial charge in [0.05, 0.1) is 11.0 Å². The van der Waals surface area contributed by atoms with Gasteiger partial charge in [-0.2, -0.15) is 0 Å². The molecule has 0 aliphatic rings. The molecule has 7 nitrogen and oxygen atoms in total. The van der Waals surface area contributed by atoms with E-state index in [9.17, 15) is 25.1 Å². The summed E-state index contributed by atoms with van der Waals surface area (Å²) in [6, 6.07) is 1.07. The van der Waals surface area contributed by atoms with Crippen LogP contribution in [0.25, 0.3) is 0 Å². The van der Waals surface area contributed by atoms with Crippen LogP contribution >= 0.6 is 23.4 Å². The highest BCUT2D eigenvalue weighted by molar-refractivity contribution is 8.13. The Hall–Kier alpha value is -1.22. The summed E-state index contributed by atoms with van der Waals surface area (Å²) in [6.07, 6.45) is -1.48. The van der Waals surface area contributed by atoms with Crippen molar-refractivity contribution in [3.8, 4) is 0 Å². The van der Waals surface area contributed by atoms with Crippen LogP contribution in [0.4, 0.5) is 5.69 Å². The third-order valence-electron chi connectivity index (χ3n) is 2.46. The smallest absolute Gasteiger partial charge is 0.288 e. The fourth-order valence-electron chi connectivity index (χ4n) is 1.45. The second-order valence-corrected chi connectivity index (χ2v) is 5.60. The molecule has 2 atom stereocenters. The van der Waals surface area contributed by atoms with E-state index in [1.165, 1.54) is 6.92 Å². The van der Waals surface area contributed by atoms with Crippen LogP contribution in [0.15, 0.2) is 12.3 Å². The Kier molecular flexibility index (Phi) is 6.34. The SMILES string of the molecule is CC(=O)SCCC(O)C(O)c1cc([N+](=O)[O-])cnc1Cl. The van der Waals surface area contributed by atoms with Crippen LogP contribution in [-0.4, -0.2) is 37.1 Å². The molecule has 1 aromatic heterocycles. The average Bonchev–Trinajstić information content (AvgIpc) is 2.37. The van der Waals surface area contributed by atoms with Gasteiger partial charge in [-0.3, -0.25) is 14.9 Å². The first kappa shape index (κ1) is 16.8. The average molecular weight is 321 g/mol. The minimum absolute atomic E-state index is 0.0128. The van der Waals surface area contributed by atoms with Crippen molar-refractivity contribution < 1.29 is 19.9 Å². The predicted octanol–water partition coefficient (Wildman–Crippen LogP) is 1.71. The van der Waals surface area contributed by atoms with Gasteiger partial charge in [0.1, 0.15) is 17.5 Å². The Morgan fingerprint density at radius 3 is 2.80 bits per heavy atom. The van der Waals surface area contributed by atoms with Crippen LogP contribution in [0, 0.1) is 10.1 Å². The minimum Gasteiger partial charge on any atom is -0.390 e. The van der Waals surface area contributed by atoms with Crippen molar-refractivity contribution in [1.82, 2.24) is 4.98 Å².